The SMILES string of the molecule is COc1cccc(C(=O)NCc2ccon2)c1O. The first-order valence-electron chi connectivity index (χ1n) is 5.26. The Morgan fingerprint density at radius 3 is 3.00 bits per heavy atom. The van der Waals surface area contributed by atoms with E-state index < -0.39 is 5.91 Å². The van der Waals surface area contributed by atoms with Gasteiger partial charge in [-0.2, -0.15) is 0 Å². The fourth-order valence-corrected chi connectivity index (χ4v) is 1.47. The normalized spacial score (nSPS) is 10.1. The first-order valence-corrected chi connectivity index (χ1v) is 5.26. The Morgan fingerprint density at radius 1 is 1.50 bits per heavy atom. The van der Waals surface area contributed by atoms with Crippen molar-refractivity contribution in [2.24, 2.45) is 0 Å². The summed E-state index contributed by atoms with van der Waals surface area (Å²) < 4.78 is 9.57. The molecular weight excluding hydrogens is 236 g/mol. The van der Waals surface area contributed by atoms with Gasteiger partial charge < -0.3 is 19.7 Å². The number of carbonyl (C=O) groups excluding carboxylic acids is 1. The highest BCUT2D eigenvalue weighted by Gasteiger charge is 2.14. The van der Waals surface area contributed by atoms with Crippen LogP contribution in [0.1, 0.15) is 16.1 Å². The smallest absolute Gasteiger partial charge is 0.255 e. The monoisotopic (exact) mass is 248 g/mol. The first-order chi connectivity index (χ1) is 8.72. The largest absolute Gasteiger partial charge is 0.504 e. The second-order valence-corrected chi connectivity index (χ2v) is 3.53. The van der Waals surface area contributed by atoms with Crippen LogP contribution in [-0.4, -0.2) is 23.3 Å². The van der Waals surface area contributed by atoms with Gasteiger partial charge in [0.2, 0.25) is 0 Å². The first kappa shape index (κ1) is 12.0. The number of amides is 1. The number of aromatic hydroxyl groups is 1. The summed E-state index contributed by atoms with van der Waals surface area (Å²) in [5, 5.41) is 16.1. The molecule has 1 aromatic carbocycles. The third-order valence-electron chi connectivity index (χ3n) is 2.38. The lowest BCUT2D eigenvalue weighted by atomic mass is 10.1. The van der Waals surface area contributed by atoms with E-state index in [2.05, 4.69) is 15.0 Å². The van der Waals surface area contributed by atoms with Gasteiger partial charge in [0.05, 0.1) is 19.2 Å². The van der Waals surface area contributed by atoms with E-state index in [1.807, 2.05) is 0 Å². The van der Waals surface area contributed by atoms with Crippen LogP contribution in [0.4, 0.5) is 0 Å². The predicted octanol–water partition coefficient (Wildman–Crippen LogP) is 1.32. The summed E-state index contributed by atoms with van der Waals surface area (Å²) in [5.41, 5.74) is 0.753. The number of phenols is 1. The maximum atomic E-state index is 11.8. The van der Waals surface area contributed by atoms with Crippen LogP contribution in [0, 0.1) is 0 Å². The molecule has 6 nitrogen and oxygen atoms in total. The molecule has 6 heteroatoms. The Labute approximate surface area is 103 Å². The van der Waals surface area contributed by atoms with Gasteiger partial charge in [-0.05, 0) is 12.1 Å². The molecule has 2 N–H and O–H groups in total. The van der Waals surface area contributed by atoms with Crippen molar-refractivity contribution in [3.05, 3.63) is 41.8 Å². The van der Waals surface area contributed by atoms with Gasteiger partial charge in [-0.1, -0.05) is 11.2 Å². The van der Waals surface area contributed by atoms with Crippen molar-refractivity contribution in [3.8, 4) is 11.5 Å². The summed E-state index contributed by atoms with van der Waals surface area (Å²) >= 11 is 0. The summed E-state index contributed by atoms with van der Waals surface area (Å²) in [5.74, 6) is -0.337. The number of para-hydroxylation sites is 1. The zero-order chi connectivity index (χ0) is 13.0. The third kappa shape index (κ3) is 2.42. The second-order valence-electron chi connectivity index (χ2n) is 3.53. The average Bonchev–Trinajstić information content (AvgIpc) is 2.89. The van der Waals surface area contributed by atoms with Gasteiger partial charge in [-0.15, -0.1) is 0 Å². The molecule has 0 aliphatic rings. The number of aromatic nitrogens is 1. The van der Waals surface area contributed by atoms with Gasteiger partial charge >= 0.3 is 0 Å². The second kappa shape index (κ2) is 5.22. The fraction of sp³-hybridized carbons (Fsp3) is 0.167. The van der Waals surface area contributed by atoms with Crippen molar-refractivity contribution in [2.45, 2.75) is 6.54 Å². The van der Waals surface area contributed by atoms with Crippen molar-refractivity contribution in [3.63, 3.8) is 0 Å². The summed E-state index contributed by atoms with van der Waals surface area (Å²) in [6, 6.07) is 6.36. The van der Waals surface area contributed by atoms with Crippen molar-refractivity contribution < 1.29 is 19.2 Å². The highest BCUT2D eigenvalue weighted by Crippen LogP contribution is 2.29. The molecule has 0 bridgehead atoms. The molecule has 2 rings (SSSR count). The molecule has 1 aromatic heterocycles. The van der Waals surface area contributed by atoms with Crippen LogP contribution in [0.3, 0.4) is 0 Å². The molecule has 0 unspecified atom stereocenters. The van der Waals surface area contributed by atoms with Crippen molar-refractivity contribution in [1.82, 2.24) is 10.5 Å². The molecule has 0 spiro atoms. The summed E-state index contributed by atoms with van der Waals surface area (Å²) in [6.45, 7) is 0.228. The van der Waals surface area contributed by atoms with Crippen LogP contribution in [-0.2, 0) is 6.54 Å². The number of nitrogens with zero attached hydrogens (tertiary/aromatic N) is 1. The Balaban J connectivity index is 2.09. The lowest BCUT2D eigenvalue weighted by Crippen LogP contribution is -2.23. The highest BCUT2D eigenvalue weighted by atomic mass is 16.5. The number of hydrogen-bond acceptors (Lipinski definition) is 5. The van der Waals surface area contributed by atoms with Crippen LogP contribution in [0.15, 0.2) is 35.1 Å². The van der Waals surface area contributed by atoms with Crippen molar-refractivity contribution in [1.29, 1.82) is 0 Å². The maximum absolute atomic E-state index is 11.8. The number of hydrogen-bond donors (Lipinski definition) is 2. The molecule has 0 fully saturated rings. The molecule has 0 aliphatic carbocycles. The van der Waals surface area contributed by atoms with Crippen molar-refractivity contribution in [2.75, 3.05) is 7.11 Å². The van der Waals surface area contributed by atoms with Crippen LogP contribution >= 0.6 is 0 Å². The summed E-state index contributed by atoms with van der Waals surface area (Å²) in [4.78, 5) is 11.8. The molecule has 18 heavy (non-hydrogen) atoms. The van der Waals surface area contributed by atoms with Crippen molar-refractivity contribution >= 4 is 5.91 Å². The highest BCUT2D eigenvalue weighted by molar-refractivity contribution is 5.97. The lowest BCUT2D eigenvalue weighted by molar-refractivity contribution is 0.0947. The van der Waals surface area contributed by atoms with E-state index in [1.54, 1.807) is 18.2 Å². The van der Waals surface area contributed by atoms with Gasteiger partial charge in [0.1, 0.15) is 12.0 Å². The molecular formula is C12H12N2O4. The average molecular weight is 248 g/mol. The van der Waals surface area contributed by atoms with E-state index in [4.69, 9.17) is 4.74 Å². The van der Waals surface area contributed by atoms with E-state index in [9.17, 15) is 9.90 Å². The van der Waals surface area contributed by atoms with E-state index in [0.717, 1.165) is 0 Å². The molecule has 0 atom stereocenters. The number of nitrogens with one attached hydrogen (secondary N) is 1. The third-order valence-corrected chi connectivity index (χ3v) is 2.38. The van der Waals surface area contributed by atoms with E-state index in [1.165, 1.54) is 19.4 Å². The van der Waals surface area contributed by atoms with Gasteiger partial charge in [0.25, 0.3) is 5.91 Å². The Bertz CT molecular complexity index is 537. The Morgan fingerprint density at radius 2 is 2.33 bits per heavy atom. The molecule has 0 saturated heterocycles. The molecule has 0 radical (unpaired) electrons. The zero-order valence-corrected chi connectivity index (χ0v) is 9.71. The molecule has 1 amide bonds. The van der Waals surface area contributed by atoms with Crippen LogP contribution in [0.2, 0.25) is 0 Å². The molecule has 94 valence electrons. The quantitative estimate of drug-likeness (QED) is 0.852. The lowest BCUT2D eigenvalue weighted by Gasteiger charge is -2.08. The predicted molar refractivity (Wildman–Crippen MR) is 62.3 cm³/mol. The van der Waals surface area contributed by atoms with Crippen LogP contribution in [0.5, 0.6) is 11.5 Å². The number of methoxy groups -OCH3 is 1. The minimum atomic E-state index is -0.408. The zero-order valence-electron chi connectivity index (χ0n) is 9.71. The molecule has 1 heterocycles. The standard InChI is InChI=1S/C12H12N2O4/c1-17-10-4-2-3-9(11(10)15)12(16)13-7-8-5-6-18-14-8/h2-6,15H,7H2,1H3,(H,13,16). The van der Waals surface area contributed by atoms with Gasteiger partial charge in [0, 0.05) is 6.07 Å². The summed E-state index contributed by atoms with van der Waals surface area (Å²) in [7, 11) is 1.42. The number of rotatable bonds is 4. The molecule has 0 saturated carbocycles. The molecule has 2 aromatic rings. The Kier molecular flexibility index (Phi) is 3.47. The minimum absolute atomic E-state index is 0.151. The van der Waals surface area contributed by atoms with Gasteiger partial charge in [-0.3, -0.25) is 4.79 Å². The number of ether oxygens (including phenoxy) is 1. The van der Waals surface area contributed by atoms with Gasteiger partial charge in [-0.25, -0.2) is 0 Å². The topological polar surface area (TPSA) is 84.6 Å². The van der Waals surface area contributed by atoms with E-state index in [0.29, 0.717) is 5.69 Å². The van der Waals surface area contributed by atoms with Crippen LogP contribution < -0.4 is 10.1 Å². The fourth-order valence-electron chi connectivity index (χ4n) is 1.47. The number of carbonyl (C=O) groups is 1. The number of benzene rings is 1. The summed E-state index contributed by atoms with van der Waals surface area (Å²) in [6.07, 6.45) is 1.42. The Hall–Kier alpha value is -2.50. The van der Waals surface area contributed by atoms with Gasteiger partial charge in [0.15, 0.2) is 11.5 Å². The van der Waals surface area contributed by atoms with Crippen LogP contribution in [0.25, 0.3) is 0 Å². The molecule has 0 aliphatic heterocycles. The van der Waals surface area contributed by atoms with E-state index in [-0.39, 0.29) is 23.6 Å². The number of phenolic OH excluding ortho intramolecular Hbond substituents is 1. The maximum Gasteiger partial charge on any atom is 0.255 e. The van der Waals surface area contributed by atoms with E-state index >= 15 is 0 Å². The minimum Gasteiger partial charge on any atom is -0.504 e.